The summed E-state index contributed by atoms with van der Waals surface area (Å²) in [6.07, 6.45) is 1.96. The molecule has 2 N–H and O–H groups in total. The molecule has 2 aromatic rings. The number of carbonyl (C=O) groups excluding carboxylic acids is 2. The van der Waals surface area contributed by atoms with Gasteiger partial charge >= 0.3 is 12.6 Å². The SMILES string of the molecule is COCC(OC)C(=O)N1CCC(CN2CCC(C(=O)Nc3ccc(Cl)cc3OC(F)F)(n3nccc3C(C)C)CC2)(C(=O)O)CC1. The highest BCUT2D eigenvalue weighted by atomic mass is 35.5. The summed E-state index contributed by atoms with van der Waals surface area (Å²) in [6.45, 7) is 2.49. The van der Waals surface area contributed by atoms with Crippen molar-refractivity contribution in [1.29, 1.82) is 0 Å². The number of likely N-dealkylation sites (tertiary alicyclic amines) is 2. The fourth-order valence-electron chi connectivity index (χ4n) is 6.37. The first-order valence-electron chi connectivity index (χ1n) is 15.2. The number of methoxy groups -OCH3 is 2. The first-order valence-corrected chi connectivity index (χ1v) is 15.6. The van der Waals surface area contributed by atoms with Gasteiger partial charge in [-0.05, 0) is 49.8 Å². The predicted molar refractivity (Wildman–Crippen MR) is 165 cm³/mol. The van der Waals surface area contributed by atoms with Crippen LogP contribution in [-0.2, 0) is 29.4 Å². The molecule has 12 nitrogen and oxygen atoms in total. The monoisotopic (exact) mass is 669 g/mol. The molecule has 2 aliphatic rings. The molecule has 2 amide bonds. The Morgan fingerprint density at radius 3 is 2.30 bits per heavy atom. The average Bonchev–Trinajstić information content (AvgIpc) is 3.52. The highest BCUT2D eigenvalue weighted by Crippen LogP contribution is 2.39. The molecule has 4 rings (SSSR count). The van der Waals surface area contributed by atoms with E-state index in [4.69, 9.17) is 21.1 Å². The number of carboxylic acids is 1. The topological polar surface area (TPSA) is 135 Å². The molecule has 0 aliphatic carbocycles. The number of rotatable bonds is 13. The van der Waals surface area contributed by atoms with Crippen LogP contribution < -0.4 is 10.1 Å². The quantitative estimate of drug-likeness (QED) is 0.324. The molecule has 0 bridgehead atoms. The van der Waals surface area contributed by atoms with Crippen molar-refractivity contribution in [2.24, 2.45) is 5.41 Å². The van der Waals surface area contributed by atoms with Crippen LogP contribution in [0.3, 0.4) is 0 Å². The minimum Gasteiger partial charge on any atom is -0.481 e. The summed E-state index contributed by atoms with van der Waals surface area (Å²) in [7, 11) is 2.91. The van der Waals surface area contributed by atoms with Crippen molar-refractivity contribution < 1.29 is 42.5 Å². The van der Waals surface area contributed by atoms with Crippen LogP contribution in [-0.4, -0.2) is 109 Å². The lowest BCUT2D eigenvalue weighted by molar-refractivity contribution is -0.159. The van der Waals surface area contributed by atoms with E-state index in [0.717, 1.165) is 5.69 Å². The van der Waals surface area contributed by atoms with E-state index in [1.54, 1.807) is 15.8 Å². The van der Waals surface area contributed by atoms with Gasteiger partial charge in [0.15, 0.2) is 11.9 Å². The summed E-state index contributed by atoms with van der Waals surface area (Å²) in [5, 5.41) is 17.9. The molecule has 1 unspecified atom stereocenters. The minimum absolute atomic E-state index is 0.0308. The van der Waals surface area contributed by atoms with Crippen LogP contribution in [0.2, 0.25) is 5.02 Å². The van der Waals surface area contributed by atoms with Gasteiger partial charge in [0.05, 0.1) is 17.7 Å². The molecule has 254 valence electrons. The Morgan fingerprint density at radius 2 is 1.74 bits per heavy atom. The number of hydrogen-bond acceptors (Lipinski definition) is 8. The summed E-state index contributed by atoms with van der Waals surface area (Å²) >= 11 is 6.01. The van der Waals surface area contributed by atoms with E-state index >= 15 is 0 Å². The van der Waals surface area contributed by atoms with E-state index < -0.39 is 35.5 Å². The van der Waals surface area contributed by atoms with Crippen LogP contribution in [0, 0.1) is 5.41 Å². The van der Waals surface area contributed by atoms with Gasteiger partial charge in [0.25, 0.3) is 11.8 Å². The molecule has 1 aromatic carbocycles. The fourth-order valence-corrected chi connectivity index (χ4v) is 6.54. The van der Waals surface area contributed by atoms with Gasteiger partial charge in [-0.1, -0.05) is 25.4 Å². The highest BCUT2D eigenvalue weighted by Gasteiger charge is 2.49. The van der Waals surface area contributed by atoms with Gasteiger partial charge in [-0.25, -0.2) is 0 Å². The standard InChI is InChI=1S/C31H42ClF2N5O7/c1-20(2)23-7-12-35-39(23)31(27(41)36-22-6-5-21(32)17-24(22)46-29(33)34)10-13-37(14-11-31)19-30(28(42)43)8-15-38(16-9-30)26(40)25(45-4)18-44-3/h5-7,12,17,20,25,29H,8-11,13-16,18-19H2,1-4H3,(H,36,41)(H,42,43). The molecule has 2 saturated heterocycles. The number of piperidine rings is 2. The Balaban J connectivity index is 1.53. The number of carboxylic acid groups (broad SMARTS) is 1. The molecular weight excluding hydrogens is 628 g/mol. The van der Waals surface area contributed by atoms with Gasteiger partial charge in [-0.15, -0.1) is 0 Å². The van der Waals surface area contributed by atoms with Crippen LogP contribution in [0.5, 0.6) is 5.75 Å². The highest BCUT2D eigenvalue weighted by molar-refractivity contribution is 6.30. The Kier molecular flexibility index (Phi) is 11.6. The Hall–Kier alpha value is -3.33. The lowest BCUT2D eigenvalue weighted by atomic mass is 9.76. The van der Waals surface area contributed by atoms with Crippen molar-refractivity contribution in [2.45, 2.75) is 63.7 Å². The lowest BCUT2D eigenvalue weighted by Crippen LogP contribution is -2.58. The second kappa shape index (κ2) is 15.1. The Labute approximate surface area is 271 Å². The van der Waals surface area contributed by atoms with Gasteiger partial charge in [-0.3, -0.25) is 19.1 Å². The average molecular weight is 670 g/mol. The molecule has 15 heteroatoms. The number of halogens is 3. The number of aromatic nitrogens is 2. The number of amides is 2. The lowest BCUT2D eigenvalue weighted by Gasteiger charge is -2.46. The summed E-state index contributed by atoms with van der Waals surface area (Å²) in [4.78, 5) is 43.4. The molecule has 3 heterocycles. The number of ether oxygens (including phenoxy) is 3. The first-order chi connectivity index (χ1) is 21.9. The number of alkyl halides is 2. The maximum absolute atomic E-state index is 14.2. The van der Waals surface area contributed by atoms with Crippen molar-refractivity contribution >= 4 is 35.1 Å². The van der Waals surface area contributed by atoms with E-state index in [0.29, 0.717) is 13.1 Å². The van der Waals surface area contributed by atoms with Crippen molar-refractivity contribution in [3.63, 3.8) is 0 Å². The largest absolute Gasteiger partial charge is 0.481 e. The van der Waals surface area contributed by atoms with Crippen molar-refractivity contribution in [3.05, 3.63) is 41.2 Å². The third-order valence-electron chi connectivity index (χ3n) is 9.07. The third kappa shape index (κ3) is 7.62. The third-order valence-corrected chi connectivity index (χ3v) is 9.31. The van der Waals surface area contributed by atoms with Crippen LogP contribution in [0.1, 0.15) is 51.1 Å². The zero-order chi connectivity index (χ0) is 33.6. The van der Waals surface area contributed by atoms with Gasteiger partial charge < -0.3 is 34.4 Å². The first kappa shape index (κ1) is 35.5. The number of anilines is 1. The molecule has 1 atom stereocenters. The molecule has 2 fully saturated rings. The Bertz CT molecular complexity index is 1370. The second-order valence-corrected chi connectivity index (χ2v) is 12.6. The molecule has 0 saturated carbocycles. The number of nitrogens with zero attached hydrogens (tertiary/aromatic N) is 4. The fraction of sp³-hybridized carbons (Fsp3) is 0.613. The summed E-state index contributed by atoms with van der Waals surface area (Å²) < 4.78 is 43.0. The minimum atomic E-state index is -3.12. The number of aliphatic carboxylic acids is 1. The van der Waals surface area contributed by atoms with Gasteiger partial charge in [0, 0.05) is 69.9 Å². The molecular formula is C31H42ClF2N5O7. The maximum atomic E-state index is 14.2. The summed E-state index contributed by atoms with van der Waals surface area (Å²) in [6, 6.07) is 5.93. The number of benzene rings is 1. The van der Waals surface area contributed by atoms with Gasteiger partial charge in [-0.2, -0.15) is 13.9 Å². The number of hydrogen-bond donors (Lipinski definition) is 2. The van der Waals surface area contributed by atoms with Gasteiger partial charge in [0.2, 0.25) is 0 Å². The second-order valence-electron chi connectivity index (χ2n) is 12.2. The van der Waals surface area contributed by atoms with E-state index in [1.165, 1.54) is 32.4 Å². The molecule has 0 radical (unpaired) electrons. The zero-order valence-corrected chi connectivity index (χ0v) is 27.3. The maximum Gasteiger partial charge on any atom is 0.387 e. The van der Waals surface area contributed by atoms with Crippen LogP contribution in [0.15, 0.2) is 30.5 Å². The smallest absolute Gasteiger partial charge is 0.387 e. The zero-order valence-electron chi connectivity index (χ0n) is 26.5. The van der Waals surface area contributed by atoms with E-state index in [2.05, 4.69) is 15.2 Å². The summed E-state index contributed by atoms with van der Waals surface area (Å²) in [5.41, 5.74) is -1.40. The molecule has 1 aromatic heterocycles. The van der Waals surface area contributed by atoms with Crippen molar-refractivity contribution in [2.75, 3.05) is 58.9 Å². The molecule has 0 spiro atoms. The van der Waals surface area contributed by atoms with E-state index in [9.17, 15) is 28.3 Å². The van der Waals surface area contributed by atoms with E-state index in [1.807, 2.05) is 24.8 Å². The Morgan fingerprint density at radius 1 is 1.07 bits per heavy atom. The van der Waals surface area contributed by atoms with Crippen LogP contribution in [0.25, 0.3) is 0 Å². The van der Waals surface area contributed by atoms with Crippen LogP contribution >= 0.6 is 11.6 Å². The van der Waals surface area contributed by atoms with E-state index in [-0.39, 0.29) is 80.2 Å². The predicted octanol–water partition coefficient (Wildman–Crippen LogP) is 4.05. The molecule has 46 heavy (non-hydrogen) atoms. The normalized spacial score (nSPS) is 18.8. The summed E-state index contributed by atoms with van der Waals surface area (Å²) in [5.74, 6) is -1.86. The number of nitrogens with one attached hydrogen (secondary N) is 1. The van der Waals surface area contributed by atoms with Crippen LogP contribution in [0.4, 0.5) is 14.5 Å². The van der Waals surface area contributed by atoms with Gasteiger partial charge in [0.1, 0.15) is 5.54 Å². The molecule has 2 aliphatic heterocycles. The number of carbonyl (C=O) groups is 3. The van der Waals surface area contributed by atoms with Crippen molar-refractivity contribution in [3.8, 4) is 5.75 Å². The van der Waals surface area contributed by atoms with Crippen molar-refractivity contribution in [1.82, 2.24) is 19.6 Å².